The maximum atomic E-state index is 13.5. The zero-order valence-electron chi connectivity index (χ0n) is 10.1. The summed E-state index contributed by atoms with van der Waals surface area (Å²) < 4.78 is 15.2. The van der Waals surface area contributed by atoms with Crippen LogP contribution in [-0.4, -0.2) is 9.55 Å². The van der Waals surface area contributed by atoms with Gasteiger partial charge in [0.25, 0.3) is 0 Å². The first-order chi connectivity index (χ1) is 9.61. The molecule has 3 rings (SSSR count). The number of para-hydroxylation sites is 1. The van der Waals surface area contributed by atoms with Crippen LogP contribution in [0, 0.1) is 5.82 Å². The van der Waals surface area contributed by atoms with Gasteiger partial charge >= 0.3 is 0 Å². The molecule has 0 aliphatic heterocycles. The van der Waals surface area contributed by atoms with E-state index in [1.165, 1.54) is 18.2 Å². The van der Waals surface area contributed by atoms with E-state index in [1.54, 1.807) is 16.7 Å². The third kappa shape index (κ3) is 2.16. The molecule has 2 nitrogen and oxygen atoms in total. The van der Waals surface area contributed by atoms with Crippen molar-refractivity contribution in [1.29, 1.82) is 0 Å². The first-order valence-corrected chi connectivity index (χ1v) is 7.08. The molecular formula is C14H8Cl3FN2. The van der Waals surface area contributed by atoms with Crippen LogP contribution in [0.5, 0.6) is 0 Å². The third-order valence-corrected chi connectivity index (χ3v) is 3.83. The normalized spacial score (nSPS) is 11.2. The van der Waals surface area contributed by atoms with Gasteiger partial charge in [-0.25, -0.2) is 9.37 Å². The molecule has 1 aromatic heterocycles. The zero-order chi connectivity index (χ0) is 14.3. The number of halogens is 4. The van der Waals surface area contributed by atoms with Gasteiger partial charge in [-0.1, -0.05) is 29.3 Å². The average Bonchev–Trinajstić information content (AvgIpc) is 2.81. The van der Waals surface area contributed by atoms with Crippen molar-refractivity contribution in [2.75, 3.05) is 0 Å². The first-order valence-electron chi connectivity index (χ1n) is 5.79. The molecule has 0 bridgehead atoms. The molecule has 0 amide bonds. The fraction of sp³-hybridized carbons (Fsp3) is 0.0714. The highest BCUT2D eigenvalue weighted by atomic mass is 35.5. The molecule has 0 atom stereocenters. The van der Waals surface area contributed by atoms with Gasteiger partial charge in [0.05, 0.1) is 32.6 Å². The van der Waals surface area contributed by atoms with E-state index < -0.39 is 0 Å². The summed E-state index contributed by atoms with van der Waals surface area (Å²) in [6, 6.07) is 9.49. The predicted octanol–water partition coefficient (Wildman–Crippen LogP) is 5.21. The molecule has 6 heteroatoms. The second-order valence-electron chi connectivity index (χ2n) is 4.20. The van der Waals surface area contributed by atoms with Crippen molar-refractivity contribution < 1.29 is 4.39 Å². The van der Waals surface area contributed by atoms with Crippen LogP contribution in [0.1, 0.15) is 5.82 Å². The smallest absolute Gasteiger partial charge is 0.129 e. The van der Waals surface area contributed by atoms with Crippen LogP contribution in [0.3, 0.4) is 0 Å². The molecule has 0 aliphatic rings. The number of rotatable bonds is 2. The molecule has 0 fully saturated rings. The van der Waals surface area contributed by atoms with E-state index in [4.69, 9.17) is 34.8 Å². The Hall–Kier alpha value is -1.29. The van der Waals surface area contributed by atoms with Crippen molar-refractivity contribution in [2.24, 2.45) is 0 Å². The number of hydrogen-bond donors (Lipinski definition) is 0. The molecule has 0 aliphatic carbocycles. The second-order valence-corrected chi connectivity index (χ2v) is 5.28. The third-order valence-electron chi connectivity index (χ3n) is 2.97. The molecule has 2 aromatic carbocycles. The molecule has 0 radical (unpaired) electrons. The Morgan fingerprint density at radius 1 is 1.10 bits per heavy atom. The molecule has 3 aromatic rings. The van der Waals surface area contributed by atoms with Crippen LogP contribution in [-0.2, 0) is 5.88 Å². The van der Waals surface area contributed by atoms with E-state index in [0.717, 1.165) is 0 Å². The minimum absolute atomic E-state index is 0.165. The number of benzene rings is 2. The van der Waals surface area contributed by atoms with Gasteiger partial charge in [0, 0.05) is 0 Å². The van der Waals surface area contributed by atoms with Crippen molar-refractivity contribution in [2.45, 2.75) is 5.88 Å². The molecule has 0 saturated heterocycles. The van der Waals surface area contributed by atoms with Gasteiger partial charge in [0.15, 0.2) is 0 Å². The summed E-state index contributed by atoms with van der Waals surface area (Å²) in [6.45, 7) is 0. The van der Waals surface area contributed by atoms with Crippen LogP contribution in [0.4, 0.5) is 4.39 Å². The van der Waals surface area contributed by atoms with Gasteiger partial charge in [-0.2, -0.15) is 0 Å². The van der Waals surface area contributed by atoms with Gasteiger partial charge in [0.2, 0.25) is 0 Å². The highest BCUT2D eigenvalue weighted by Gasteiger charge is 2.16. The highest BCUT2D eigenvalue weighted by molar-refractivity contribution is 6.35. The molecule has 102 valence electrons. The summed E-state index contributed by atoms with van der Waals surface area (Å²) in [5.41, 5.74) is 1.82. The Kier molecular flexibility index (Phi) is 3.59. The van der Waals surface area contributed by atoms with E-state index >= 15 is 0 Å². The lowest BCUT2D eigenvalue weighted by atomic mass is 10.2. The largest absolute Gasteiger partial charge is 0.292 e. The van der Waals surface area contributed by atoms with Crippen molar-refractivity contribution >= 4 is 45.8 Å². The van der Waals surface area contributed by atoms with E-state index in [1.807, 2.05) is 6.07 Å². The molecule has 0 N–H and O–H groups in total. The number of alkyl halides is 1. The van der Waals surface area contributed by atoms with Crippen molar-refractivity contribution in [3.63, 3.8) is 0 Å². The van der Waals surface area contributed by atoms with Gasteiger partial charge in [0.1, 0.15) is 11.6 Å². The van der Waals surface area contributed by atoms with Crippen molar-refractivity contribution in [3.05, 3.63) is 58.1 Å². The molecular weight excluding hydrogens is 322 g/mol. The van der Waals surface area contributed by atoms with Crippen LogP contribution >= 0.6 is 34.8 Å². The number of nitrogens with zero attached hydrogens (tertiary/aromatic N) is 2. The maximum Gasteiger partial charge on any atom is 0.129 e. The lowest BCUT2D eigenvalue weighted by molar-refractivity contribution is 0.626. The Bertz CT molecular complexity index is 798. The summed E-state index contributed by atoms with van der Waals surface area (Å²) >= 11 is 18.3. The summed E-state index contributed by atoms with van der Waals surface area (Å²) in [6.07, 6.45) is 0. The highest BCUT2D eigenvalue weighted by Crippen LogP contribution is 2.31. The molecule has 0 saturated carbocycles. The van der Waals surface area contributed by atoms with Gasteiger partial charge in [-0.05, 0) is 30.3 Å². The minimum Gasteiger partial charge on any atom is -0.292 e. The van der Waals surface area contributed by atoms with Gasteiger partial charge < -0.3 is 0 Å². The van der Waals surface area contributed by atoms with Crippen LogP contribution in [0.15, 0.2) is 36.4 Å². The predicted molar refractivity (Wildman–Crippen MR) is 80.6 cm³/mol. The fourth-order valence-corrected chi connectivity index (χ4v) is 2.78. The average molecular weight is 330 g/mol. The topological polar surface area (TPSA) is 17.8 Å². The fourth-order valence-electron chi connectivity index (χ4n) is 2.14. The Morgan fingerprint density at radius 3 is 2.65 bits per heavy atom. The lowest BCUT2D eigenvalue weighted by Crippen LogP contribution is -2.01. The van der Waals surface area contributed by atoms with E-state index in [2.05, 4.69) is 4.98 Å². The maximum absolute atomic E-state index is 13.5. The number of hydrogen-bond acceptors (Lipinski definition) is 1. The Balaban J connectivity index is 2.42. The monoisotopic (exact) mass is 328 g/mol. The zero-order valence-corrected chi connectivity index (χ0v) is 12.3. The Morgan fingerprint density at radius 2 is 1.90 bits per heavy atom. The number of aromatic nitrogens is 2. The van der Waals surface area contributed by atoms with Crippen molar-refractivity contribution in [1.82, 2.24) is 9.55 Å². The summed E-state index contributed by atoms with van der Waals surface area (Å²) in [7, 11) is 0. The summed E-state index contributed by atoms with van der Waals surface area (Å²) in [5, 5.41) is 0.906. The first kappa shape index (κ1) is 13.7. The Labute approximate surface area is 129 Å². The molecule has 0 spiro atoms. The van der Waals surface area contributed by atoms with Crippen LogP contribution in [0.25, 0.3) is 16.7 Å². The quantitative estimate of drug-likeness (QED) is 0.590. The summed E-state index contributed by atoms with van der Waals surface area (Å²) in [4.78, 5) is 4.40. The second kappa shape index (κ2) is 5.24. The number of imidazole rings is 1. The van der Waals surface area contributed by atoms with Gasteiger partial charge in [-0.15, -0.1) is 11.6 Å². The minimum atomic E-state index is -0.390. The lowest BCUT2D eigenvalue weighted by Gasteiger charge is -2.10. The van der Waals surface area contributed by atoms with E-state index in [9.17, 15) is 4.39 Å². The molecule has 1 heterocycles. The van der Waals surface area contributed by atoms with Gasteiger partial charge in [-0.3, -0.25) is 4.57 Å². The standard InChI is InChI=1S/C14H8Cl3FN2/c15-7-13-19-11-3-1-2-10(17)14(11)20(13)12-6-8(18)4-5-9(12)16/h1-6H,7H2. The SMILES string of the molecule is Fc1ccc(Cl)c(-n2c(CCl)nc3cccc(Cl)c32)c1. The van der Waals surface area contributed by atoms with Crippen LogP contribution in [0.2, 0.25) is 10.0 Å². The van der Waals surface area contributed by atoms with Crippen LogP contribution < -0.4 is 0 Å². The molecule has 0 unspecified atom stereocenters. The van der Waals surface area contributed by atoms with E-state index in [0.29, 0.717) is 32.6 Å². The van der Waals surface area contributed by atoms with Crippen molar-refractivity contribution in [3.8, 4) is 5.69 Å². The summed E-state index contributed by atoms with van der Waals surface area (Å²) in [5.74, 6) is 0.332. The molecule has 20 heavy (non-hydrogen) atoms. The number of fused-ring (bicyclic) bond motifs is 1. The van der Waals surface area contributed by atoms with E-state index in [-0.39, 0.29) is 11.7 Å².